The summed E-state index contributed by atoms with van der Waals surface area (Å²) in [6, 6.07) is 2.79. The first-order valence-corrected chi connectivity index (χ1v) is 7.88. The molecule has 2 atom stereocenters. The molecule has 2 aromatic heterocycles. The van der Waals surface area contributed by atoms with Crippen molar-refractivity contribution < 1.29 is 0 Å². The van der Waals surface area contributed by atoms with Crippen LogP contribution in [0.2, 0.25) is 0 Å². The van der Waals surface area contributed by atoms with Gasteiger partial charge in [-0.25, -0.2) is 9.97 Å². The van der Waals surface area contributed by atoms with Crippen molar-refractivity contribution in [2.45, 2.75) is 25.8 Å². The van der Waals surface area contributed by atoms with Crippen LogP contribution in [0.25, 0.3) is 10.2 Å². The lowest BCUT2D eigenvalue weighted by Crippen LogP contribution is -2.39. The van der Waals surface area contributed by atoms with Crippen LogP contribution in [0.3, 0.4) is 0 Å². The zero-order valence-electron chi connectivity index (χ0n) is 11.1. The second-order valence-electron chi connectivity index (χ2n) is 5.69. The van der Waals surface area contributed by atoms with Crippen LogP contribution in [-0.2, 0) is 0 Å². The molecule has 0 spiro atoms. The van der Waals surface area contributed by atoms with E-state index in [0.29, 0.717) is 6.04 Å². The Kier molecular flexibility index (Phi) is 2.70. The summed E-state index contributed by atoms with van der Waals surface area (Å²) in [6.07, 6.45) is 2.66. The molecule has 1 N–H and O–H groups in total. The molecule has 3 aliphatic rings. The highest BCUT2D eigenvalue weighted by Crippen LogP contribution is 2.31. The molecule has 0 radical (unpaired) electrons. The lowest BCUT2D eigenvalue weighted by molar-refractivity contribution is 0.360. The Labute approximate surface area is 116 Å². The molecule has 0 saturated carbocycles. The molecular formula is C14H18N4S. The van der Waals surface area contributed by atoms with Gasteiger partial charge in [0.15, 0.2) is 0 Å². The van der Waals surface area contributed by atoms with Crippen molar-refractivity contribution in [1.82, 2.24) is 15.3 Å². The number of aromatic nitrogens is 2. The fourth-order valence-corrected chi connectivity index (χ4v) is 4.10. The molecule has 100 valence electrons. The second kappa shape index (κ2) is 4.42. The number of piperidine rings is 1. The molecule has 5 heterocycles. The van der Waals surface area contributed by atoms with Crippen LogP contribution in [0.1, 0.15) is 18.7 Å². The molecule has 0 amide bonds. The molecule has 5 rings (SSSR count). The molecule has 3 saturated heterocycles. The van der Waals surface area contributed by atoms with E-state index in [1.54, 1.807) is 11.3 Å². The van der Waals surface area contributed by atoms with E-state index < -0.39 is 0 Å². The van der Waals surface area contributed by atoms with Gasteiger partial charge in [-0.15, -0.1) is 11.3 Å². The van der Waals surface area contributed by atoms with Crippen LogP contribution in [0.15, 0.2) is 11.4 Å². The standard InChI is InChI=1S/C14H18N4S/c1-9-16-13(12-4-5-19-14(12)17-9)18-7-10-2-3-11(8-18)15-6-10/h4-5,10-11,15H,2-3,6-8H2,1H3/t10-,11-/m0/s1. The van der Waals surface area contributed by atoms with Crippen molar-refractivity contribution in [2.24, 2.45) is 5.92 Å². The molecule has 0 aromatic carbocycles. The van der Waals surface area contributed by atoms with E-state index in [4.69, 9.17) is 4.98 Å². The monoisotopic (exact) mass is 274 g/mol. The van der Waals surface area contributed by atoms with E-state index in [1.807, 2.05) is 6.92 Å². The van der Waals surface area contributed by atoms with Crippen molar-refractivity contribution in [3.63, 3.8) is 0 Å². The Morgan fingerprint density at radius 1 is 1.32 bits per heavy atom. The minimum atomic E-state index is 0.628. The zero-order chi connectivity index (χ0) is 12.8. The van der Waals surface area contributed by atoms with Crippen LogP contribution >= 0.6 is 11.3 Å². The van der Waals surface area contributed by atoms with E-state index in [0.717, 1.165) is 42.0 Å². The largest absolute Gasteiger partial charge is 0.354 e. The number of aryl methyl sites for hydroxylation is 1. The van der Waals surface area contributed by atoms with Crippen LogP contribution < -0.4 is 10.2 Å². The molecule has 2 bridgehead atoms. The van der Waals surface area contributed by atoms with Gasteiger partial charge in [-0.2, -0.15) is 0 Å². The maximum absolute atomic E-state index is 4.73. The van der Waals surface area contributed by atoms with Gasteiger partial charge >= 0.3 is 0 Å². The molecule has 0 unspecified atom stereocenters. The number of fused-ring (bicyclic) bond motifs is 5. The number of rotatable bonds is 1. The third-order valence-electron chi connectivity index (χ3n) is 4.25. The summed E-state index contributed by atoms with van der Waals surface area (Å²) in [5.74, 6) is 2.79. The van der Waals surface area contributed by atoms with Gasteiger partial charge < -0.3 is 10.2 Å². The topological polar surface area (TPSA) is 41.1 Å². The first-order valence-electron chi connectivity index (χ1n) is 7.00. The maximum Gasteiger partial charge on any atom is 0.141 e. The predicted octanol–water partition coefficient (Wildman–Crippen LogP) is 2.19. The summed E-state index contributed by atoms with van der Waals surface area (Å²) in [4.78, 5) is 12.9. The summed E-state index contributed by atoms with van der Waals surface area (Å²) in [5.41, 5.74) is 0. The van der Waals surface area contributed by atoms with Gasteiger partial charge in [0.2, 0.25) is 0 Å². The average molecular weight is 274 g/mol. The van der Waals surface area contributed by atoms with Crippen LogP contribution in [0.5, 0.6) is 0 Å². The number of nitrogens with zero attached hydrogens (tertiary/aromatic N) is 3. The molecule has 19 heavy (non-hydrogen) atoms. The van der Waals surface area contributed by atoms with Gasteiger partial charge in [0.25, 0.3) is 0 Å². The molecule has 3 aliphatic heterocycles. The molecule has 5 heteroatoms. The van der Waals surface area contributed by atoms with Crippen LogP contribution in [-0.4, -0.2) is 35.6 Å². The summed E-state index contributed by atoms with van der Waals surface area (Å²) < 4.78 is 0. The third-order valence-corrected chi connectivity index (χ3v) is 5.06. The number of hydrogen-bond acceptors (Lipinski definition) is 5. The van der Waals surface area contributed by atoms with E-state index in [-0.39, 0.29) is 0 Å². The van der Waals surface area contributed by atoms with Gasteiger partial charge in [-0.3, -0.25) is 0 Å². The molecule has 2 aromatic rings. The van der Waals surface area contributed by atoms with E-state index in [1.165, 1.54) is 18.2 Å². The van der Waals surface area contributed by atoms with Gasteiger partial charge in [0.05, 0.1) is 5.39 Å². The second-order valence-corrected chi connectivity index (χ2v) is 6.58. The van der Waals surface area contributed by atoms with Crippen molar-refractivity contribution in [3.05, 3.63) is 17.3 Å². The van der Waals surface area contributed by atoms with Crippen molar-refractivity contribution >= 4 is 27.4 Å². The summed E-state index contributed by atoms with van der Waals surface area (Å²) in [6.45, 7) is 5.37. The fraction of sp³-hybridized carbons (Fsp3) is 0.571. The van der Waals surface area contributed by atoms with Gasteiger partial charge in [0.1, 0.15) is 16.5 Å². The highest BCUT2D eigenvalue weighted by molar-refractivity contribution is 7.16. The van der Waals surface area contributed by atoms with Crippen LogP contribution in [0, 0.1) is 12.8 Å². The molecule has 4 nitrogen and oxygen atoms in total. The summed E-state index contributed by atoms with van der Waals surface area (Å²) in [7, 11) is 0. The Hall–Kier alpha value is -1.20. The first kappa shape index (κ1) is 11.6. The third kappa shape index (κ3) is 2.01. The minimum Gasteiger partial charge on any atom is -0.354 e. The summed E-state index contributed by atoms with van der Waals surface area (Å²) in [5, 5.41) is 6.99. The first-order chi connectivity index (χ1) is 9.29. The van der Waals surface area contributed by atoms with Crippen LogP contribution in [0.4, 0.5) is 5.82 Å². The SMILES string of the molecule is Cc1nc(N2C[C@H]3CC[C@@H](C2)NC3)c2ccsc2n1. The number of anilines is 1. The molecular weight excluding hydrogens is 256 g/mol. The lowest BCUT2D eigenvalue weighted by Gasteiger charge is -2.24. The fourth-order valence-electron chi connectivity index (χ4n) is 3.30. The summed E-state index contributed by atoms with van der Waals surface area (Å²) >= 11 is 1.71. The lowest BCUT2D eigenvalue weighted by atomic mass is 9.97. The Balaban J connectivity index is 1.79. The average Bonchev–Trinajstić information content (AvgIpc) is 2.68. The Bertz CT molecular complexity index is 587. The maximum atomic E-state index is 4.73. The Morgan fingerprint density at radius 3 is 3.11 bits per heavy atom. The predicted molar refractivity (Wildman–Crippen MR) is 78.9 cm³/mol. The van der Waals surface area contributed by atoms with Crippen molar-refractivity contribution in [2.75, 3.05) is 24.5 Å². The zero-order valence-corrected chi connectivity index (χ0v) is 11.9. The van der Waals surface area contributed by atoms with Gasteiger partial charge in [-0.05, 0) is 43.7 Å². The highest BCUT2D eigenvalue weighted by Gasteiger charge is 2.30. The molecule has 3 fully saturated rings. The quantitative estimate of drug-likeness (QED) is 0.865. The number of hydrogen-bond donors (Lipinski definition) is 1. The number of nitrogens with one attached hydrogen (secondary N) is 1. The van der Waals surface area contributed by atoms with E-state index in [2.05, 4.69) is 26.6 Å². The highest BCUT2D eigenvalue weighted by atomic mass is 32.1. The normalized spacial score (nSPS) is 26.9. The smallest absolute Gasteiger partial charge is 0.141 e. The van der Waals surface area contributed by atoms with Gasteiger partial charge in [-0.1, -0.05) is 0 Å². The Morgan fingerprint density at radius 2 is 2.26 bits per heavy atom. The van der Waals surface area contributed by atoms with Crippen molar-refractivity contribution in [3.8, 4) is 0 Å². The van der Waals surface area contributed by atoms with Crippen molar-refractivity contribution in [1.29, 1.82) is 0 Å². The minimum absolute atomic E-state index is 0.628. The number of thiophene rings is 1. The molecule has 0 aliphatic carbocycles. The van der Waals surface area contributed by atoms with E-state index in [9.17, 15) is 0 Å². The van der Waals surface area contributed by atoms with Gasteiger partial charge in [0, 0.05) is 19.1 Å². The van der Waals surface area contributed by atoms with E-state index >= 15 is 0 Å².